The molecule has 1 N–H and O–H groups in total. The van der Waals surface area contributed by atoms with Crippen LogP contribution in [-0.2, 0) is 5.41 Å². The Morgan fingerprint density at radius 2 is 1.59 bits per heavy atom. The first-order valence-electron chi connectivity index (χ1n) is 9.97. The van der Waals surface area contributed by atoms with Crippen LogP contribution in [0.1, 0.15) is 70.0 Å². The lowest BCUT2D eigenvalue weighted by molar-refractivity contribution is 0.0955. The number of benzene rings is 2. The van der Waals surface area contributed by atoms with E-state index in [1.54, 1.807) is 6.21 Å². The third kappa shape index (κ3) is 6.93. The molecular weight excluding hydrogens is 364 g/mol. The molecule has 0 unspecified atom stereocenters. The smallest absolute Gasteiger partial charge is 0.271 e. The molecule has 0 heterocycles. The third-order valence-corrected chi connectivity index (χ3v) is 4.10. The normalized spacial score (nSPS) is 11.9. The van der Waals surface area contributed by atoms with Crippen LogP contribution in [0, 0.1) is 0 Å². The van der Waals surface area contributed by atoms with E-state index in [0.29, 0.717) is 11.3 Å². The van der Waals surface area contributed by atoms with E-state index in [4.69, 9.17) is 9.47 Å². The van der Waals surface area contributed by atoms with Crippen LogP contribution >= 0.6 is 0 Å². The number of hydrogen-bond donors (Lipinski definition) is 1. The van der Waals surface area contributed by atoms with Gasteiger partial charge in [-0.05, 0) is 62.9 Å². The van der Waals surface area contributed by atoms with Gasteiger partial charge in [0.1, 0.15) is 11.5 Å². The molecule has 2 rings (SSSR count). The van der Waals surface area contributed by atoms with Crippen molar-refractivity contribution in [2.75, 3.05) is 0 Å². The average molecular weight is 397 g/mol. The molecule has 1 amide bonds. The Kier molecular flexibility index (Phi) is 7.43. The summed E-state index contributed by atoms with van der Waals surface area (Å²) in [5, 5.41) is 4.10. The van der Waals surface area contributed by atoms with Crippen molar-refractivity contribution >= 4 is 12.1 Å². The zero-order valence-electron chi connectivity index (χ0n) is 18.4. The van der Waals surface area contributed by atoms with E-state index >= 15 is 0 Å². The molecule has 0 saturated carbocycles. The van der Waals surface area contributed by atoms with Gasteiger partial charge in [0.15, 0.2) is 0 Å². The summed E-state index contributed by atoms with van der Waals surface area (Å²) in [6, 6.07) is 13.1. The first-order valence-corrected chi connectivity index (χ1v) is 9.97. The monoisotopic (exact) mass is 396 g/mol. The molecule has 0 fully saturated rings. The SMILES string of the molecule is CC(C)Oc1ccc(/C=N\NC(=O)c2ccc(C(C)(C)C)cc2)c(OC(C)C)c1. The van der Waals surface area contributed by atoms with Gasteiger partial charge in [-0.2, -0.15) is 5.10 Å². The van der Waals surface area contributed by atoms with Crippen molar-refractivity contribution in [3.8, 4) is 11.5 Å². The molecule has 5 heteroatoms. The summed E-state index contributed by atoms with van der Waals surface area (Å²) in [7, 11) is 0. The fourth-order valence-corrected chi connectivity index (χ4v) is 2.67. The number of ether oxygens (including phenoxy) is 2. The van der Waals surface area contributed by atoms with Gasteiger partial charge in [0.2, 0.25) is 0 Å². The largest absolute Gasteiger partial charge is 0.491 e. The third-order valence-electron chi connectivity index (χ3n) is 4.10. The van der Waals surface area contributed by atoms with Crippen molar-refractivity contribution in [1.82, 2.24) is 5.43 Å². The van der Waals surface area contributed by atoms with Gasteiger partial charge in [-0.15, -0.1) is 0 Å². The first kappa shape index (κ1) is 22.5. The summed E-state index contributed by atoms with van der Waals surface area (Å²) in [5.74, 6) is 1.13. The van der Waals surface area contributed by atoms with E-state index in [-0.39, 0.29) is 23.5 Å². The standard InChI is InChI=1S/C24H32N2O3/c1-16(2)28-21-13-10-19(22(14-21)29-17(3)4)15-25-26-23(27)18-8-11-20(12-9-18)24(5,6)7/h8-17H,1-7H3,(H,26,27)/b25-15-. The van der Waals surface area contributed by atoms with Crippen LogP contribution in [0.4, 0.5) is 0 Å². The van der Waals surface area contributed by atoms with E-state index < -0.39 is 0 Å². The van der Waals surface area contributed by atoms with Crippen molar-refractivity contribution in [3.63, 3.8) is 0 Å². The maximum atomic E-state index is 12.4. The Morgan fingerprint density at radius 1 is 0.966 bits per heavy atom. The molecule has 2 aromatic rings. The van der Waals surface area contributed by atoms with Crippen LogP contribution < -0.4 is 14.9 Å². The number of hydrogen-bond acceptors (Lipinski definition) is 4. The molecular formula is C24H32N2O3. The van der Waals surface area contributed by atoms with Crippen molar-refractivity contribution < 1.29 is 14.3 Å². The summed E-state index contributed by atoms with van der Waals surface area (Å²) in [6.45, 7) is 14.3. The molecule has 0 aliphatic heterocycles. The van der Waals surface area contributed by atoms with Crippen LogP contribution in [0.25, 0.3) is 0 Å². The van der Waals surface area contributed by atoms with E-state index in [0.717, 1.165) is 11.3 Å². The lowest BCUT2D eigenvalue weighted by Crippen LogP contribution is -2.18. The van der Waals surface area contributed by atoms with Crippen LogP contribution in [-0.4, -0.2) is 24.3 Å². The Morgan fingerprint density at radius 3 is 2.14 bits per heavy atom. The minimum Gasteiger partial charge on any atom is -0.491 e. The van der Waals surface area contributed by atoms with Crippen molar-refractivity contribution in [3.05, 3.63) is 59.2 Å². The maximum Gasteiger partial charge on any atom is 0.271 e. The second-order valence-corrected chi connectivity index (χ2v) is 8.56. The lowest BCUT2D eigenvalue weighted by atomic mass is 9.87. The van der Waals surface area contributed by atoms with Gasteiger partial charge < -0.3 is 9.47 Å². The number of carbonyl (C=O) groups is 1. The van der Waals surface area contributed by atoms with Crippen molar-refractivity contribution in [1.29, 1.82) is 0 Å². The Labute approximate surface area is 174 Å². The molecule has 0 atom stereocenters. The zero-order valence-corrected chi connectivity index (χ0v) is 18.4. The Balaban J connectivity index is 2.11. The molecule has 0 spiro atoms. The number of amides is 1. The number of rotatable bonds is 7. The summed E-state index contributed by atoms with van der Waals surface area (Å²) >= 11 is 0. The fraction of sp³-hybridized carbons (Fsp3) is 0.417. The highest BCUT2D eigenvalue weighted by Crippen LogP contribution is 2.26. The molecule has 0 saturated heterocycles. The maximum absolute atomic E-state index is 12.4. The van der Waals surface area contributed by atoms with E-state index in [1.807, 2.05) is 70.2 Å². The summed E-state index contributed by atoms with van der Waals surface area (Å²) in [4.78, 5) is 12.4. The van der Waals surface area contributed by atoms with Gasteiger partial charge in [-0.25, -0.2) is 5.43 Å². The van der Waals surface area contributed by atoms with Crippen LogP contribution in [0.2, 0.25) is 0 Å². The van der Waals surface area contributed by atoms with E-state index in [2.05, 4.69) is 31.3 Å². The fourth-order valence-electron chi connectivity index (χ4n) is 2.67. The number of nitrogens with zero attached hydrogens (tertiary/aromatic N) is 1. The van der Waals surface area contributed by atoms with Crippen LogP contribution in [0.5, 0.6) is 11.5 Å². The Hall–Kier alpha value is -2.82. The number of hydrazone groups is 1. The molecule has 0 aliphatic rings. The molecule has 0 aromatic heterocycles. The quantitative estimate of drug-likeness (QED) is 0.509. The second kappa shape index (κ2) is 9.59. The first-order chi connectivity index (χ1) is 13.6. The van der Waals surface area contributed by atoms with Crippen molar-refractivity contribution in [2.24, 2.45) is 5.10 Å². The van der Waals surface area contributed by atoms with Gasteiger partial charge in [0.25, 0.3) is 5.91 Å². The lowest BCUT2D eigenvalue weighted by Gasteiger charge is -2.18. The predicted octanol–water partition coefficient (Wildman–Crippen LogP) is 5.32. The molecule has 5 nitrogen and oxygen atoms in total. The number of carbonyl (C=O) groups excluding carboxylic acids is 1. The molecule has 156 valence electrons. The zero-order chi connectivity index (χ0) is 21.6. The van der Waals surface area contributed by atoms with Crippen LogP contribution in [0.3, 0.4) is 0 Å². The molecule has 0 aliphatic carbocycles. The molecule has 29 heavy (non-hydrogen) atoms. The molecule has 2 aromatic carbocycles. The van der Waals surface area contributed by atoms with E-state index in [1.165, 1.54) is 5.56 Å². The van der Waals surface area contributed by atoms with Crippen LogP contribution in [0.15, 0.2) is 47.6 Å². The minimum absolute atomic E-state index is 0.00683. The van der Waals surface area contributed by atoms with E-state index in [9.17, 15) is 4.79 Å². The predicted molar refractivity (Wildman–Crippen MR) is 118 cm³/mol. The molecule has 0 radical (unpaired) electrons. The second-order valence-electron chi connectivity index (χ2n) is 8.56. The minimum atomic E-state index is -0.257. The van der Waals surface area contributed by atoms with Gasteiger partial charge >= 0.3 is 0 Å². The van der Waals surface area contributed by atoms with Crippen molar-refractivity contribution in [2.45, 2.75) is 66.1 Å². The van der Waals surface area contributed by atoms with Gasteiger partial charge in [-0.1, -0.05) is 32.9 Å². The summed E-state index contributed by atoms with van der Waals surface area (Å²) in [5.41, 5.74) is 5.13. The Bertz CT molecular complexity index is 847. The van der Waals surface area contributed by atoms with Gasteiger partial charge in [0, 0.05) is 17.2 Å². The molecule has 0 bridgehead atoms. The van der Waals surface area contributed by atoms with Gasteiger partial charge in [-0.3, -0.25) is 4.79 Å². The topological polar surface area (TPSA) is 59.9 Å². The summed E-state index contributed by atoms with van der Waals surface area (Å²) < 4.78 is 11.6. The highest BCUT2D eigenvalue weighted by atomic mass is 16.5. The number of nitrogens with one attached hydrogen (secondary N) is 1. The highest BCUT2D eigenvalue weighted by Gasteiger charge is 2.14. The highest BCUT2D eigenvalue weighted by molar-refractivity contribution is 5.95. The summed E-state index contributed by atoms with van der Waals surface area (Å²) in [6.07, 6.45) is 1.66. The average Bonchev–Trinajstić information content (AvgIpc) is 2.61. The van der Waals surface area contributed by atoms with Gasteiger partial charge in [0.05, 0.1) is 18.4 Å².